The molecular weight excluding hydrogens is 236 g/mol. The Labute approximate surface area is 103 Å². The Morgan fingerprint density at radius 1 is 1.24 bits per heavy atom. The van der Waals surface area contributed by atoms with E-state index in [-0.39, 0.29) is 18.1 Å². The van der Waals surface area contributed by atoms with E-state index >= 15 is 0 Å². The lowest BCUT2D eigenvalue weighted by Gasteiger charge is -2.13. The monoisotopic (exact) mass is 248 g/mol. The second kappa shape index (κ2) is 5.01. The van der Waals surface area contributed by atoms with E-state index < -0.39 is 5.97 Å². The van der Waals surface area contributed by atoms with Gasteiger partial charge in [-0.1, -0.05) is 18.2 Å². The fourth-order valence-electron chi connectivity index (χ4n) is 1.75. The van der Waals surface area contributed by atoms with Gasteiger partial charge in [0.15, 0.2) is 0 Å². The first kappa shape index (κ1) is 11.7. The maximum Gasteiger partial charge on any atom is 0.304 e. The molecule has 0 spiro atoms. The van der Waals surface area contributed by atoms with Crippen LogP contribution in [0, 0.1) is 0 Å². The first-order valence-corrected chi connectivity index (χ1v) is 6.09. The summed E-state index contributed by atoms with van der Waals surface area (Å²) in [6.45, 7) is 0. The fourth-order valence-corrected chi connectivity index (χ4v) is 2.61. The minimum atomic E-state index is -0.823. The van der Waals surface area contributed by atoms with Gasteiger partial charge in [0.25, 0.3) is 0 Å². The number of thiophene rings is 1. The van der Waals surface area contributed by atoms with Crippen LogP contribution >= 0.6 is 11.3 Å². The van der Waals surface area contributed by atoms with E-state index in [0.717, 1.165) is 10.4 Å². The van der Waals surface area contributed by atoms with Gasteiger partial charge in [0.1, 0.15) is 5.75 Å². The van der Waals surface area contributed by atoms with Gasteiger partial charge in [0.2, 0.25) is 0 Å². The Bertz CT molecular complexity index is 488. The molecule has 2 N–H and O–H groups in total. The Hall–Kier alpha value is -1.81. The molecule has 0 radical (unpaired) electrons. The predicted octanol–water partition coefficient (Wildman–Crippen LogP) is 3.06. The Kier molecular flexibility index (Phi) is 3.44. The molecule has 2 aromatic rings. The molecule has 0 aliphatic rings. The maximum atomic E-state index is 10.9. The highest BCUT2D eigenvalue weighted by molar-refractivity contribution is 7.10. The van der Waals surface area contributed by atoms with Crippen molar-refractivity contribution in [2.75, 3.05) is 0 Å². The minimum Gasteiger partial charge on any atom is -0.508 e. The first-order chi connectivity index (χ1) is 8.16. The van der Waals surface area contributed by atoms with Crippen LogP contribution in [-0.2, 0) is 4.79 Å². The highest BCUT2D eigenvalue weighted by Gasteiger charge is 2.18. The normalized spacial score (nSPS) is 12.2. The van der Waals surface area contributed by atoms with E-state index in [1.165, 1.54) is 0 Å². The highest BCUT2D eigenvalue weighted by Crippen LogP contribution is 2.31. The molecule has 1 heterocycles. The third-order valence-corrected chi connectivity index (χ3v) is 3.55. The number of rotatable bonds is 4. The predicted molar refractivity (Wildman–Crippen MR) is 66.5 cm³/mol. The second-order valence-electron chi connectivity index (χ2n) is 3.76. The molecule has 3 nitrogen and oxygen atoms in total. The molecule has 0 aliphatic heterocycles. The standard InChI is InChI=1S/C13H12O3S/c14-10-5-3-9(4-6-10)11(8-13(15)16)12-2-1-7-17-12/h1-7,11,14H,8H2,(H,15,16)/t11-/m0/s1. The number of carboxylic acids is 1. The van der Waals surface area contributed by atoms with Crippen LogP contribution in [0.5, 0.6) is 5.75 Å². The van der Waals surface area contributed by atoms with Gasteiger partial charge < -0.3 is 10.2 Å². The van der Waals surface area contributed by atoms with Gasteiger partial charge in [-0.2, -0.15) is 0 Å². The molecule has 0 saturated heterocycles. The summed E-state index contributed by atoms with van der Waals surface area (Å²) in [6, 6.07) is 10.5. The number of phenols is 1. The molecule has 1 aromatic carbocycles. The van der Waals surface area contributed by atoms with E-state index in [0.29, 0.717) is 0 Å². The van der Waals surface area contributed by atoms with Gasteiger partial charge in [-0.05, 0) is 29.1 Å². The average molecular weight is 248 g/mol. The van der Waals surface area contributed by atoms with Crippen molar-refractivity contribution in [3.8, 4) is 5.75 Å². The topological polar surface area (TPSA) is 57.5 Å². The number of hydrogen-bond donors (Lipinski definition) is 2. The number of benzene rings is 1. The molecular formula is C13H12O3S. The van der Waals surface area contributed by atoms with Gasteiger partial charge in [-0.3, -0.25) is 4.79 Å². The highest BCUT2D eigenvalue weighted by atomic mass is 32.1. The number of hydrogen-bond acceptors (Lipinski definition) is 3. The quantitative estimate of drug-likeness (QED) is 0.874. The Morgan fingerprint density at radius 3 is 2.47 bits per heavy atom. The van der Waals surface area contributed by atoms with Crippen molar-refractivity contribution in [2.45, 2.75) is 12.3 Å². The van der Waals surface area contributed by atoms with Gasteiger partial charge in [0.05, 0.1) is 6.42 Å². The van der Waals surface area contributed by atoms with Crippen molar-refractivity contribution in [3.63, 3.8) is 0 Å². The summed E-state index contributed by atoms with van der Waals surface area (Å²) in [5.41, 5.74) is 0.910. The van der Waals surface area contributed by atoms with Crippen LogP contribution < -0.4 is 0 Å². The van der Waals surface area contributed by atoms with Gasteiger partial charge in [-0.25, -0.2) is 0 Å². The summed E-state index contributed by atoms with van der Waals surface area (Å²) in [5, 5.41) is 20.1. The summed E-state index contributed by atoms with van der Waals surface area (Å²) in [7, 11) is 0. The van der Waals surface area contributed by atoms with Crippen molar-refractivity contribution >= 4 is 17.3 Å². The van der Waals surface area contributed by atoms with E-state index in [1.54, 1.807) is 35.6 Å². The van der Waals surface area contributed by atoms with Crippen molar-refractivity contribution < 1.29 is 15.0 Å². The van der Waals surface area contributed by atoms with Crippen LogP contribution in [0.2, 0.25) is 0 Å². The second-order valence-corrected chi connectivity index (χ2v) is 4.74. The lowest BCUT2D eigenvalue weighted by atomic mass is 9.94. The van der Waals surface area contributed by atoms with Crippen LogP contribution in [0.3, 0.4) is 0 Å². The molecule has 1 aromatic heterocycles. The summed E-state index contributed by atoms with van der Waals surface area (Å²) in [5.74, 6) is -0.779. The first-order valence-electron chi connectivity index (χ1n) is 5.21. The van der Waals surface area contributed by atoms with E-state index in [4.69, 9.17) is 5.11 Å². The summed E-state index contributed by atoms with van der Waals surface area (Å²) < 4.78 is 0. The molecule has 0 amide bonds. The van der Waals surface area contributed by atoms with Crippen molar-refractivity contribution in [1.29, 1.82) is 0 Å². The minimum absolute atomic E-state index is 0.0608. The zero-order valence-corrected chi connectivity index (χ0v) is 9.85. The number of phenolic OH excluding ortho intramolecular Hbond substituents is 1. The maximum absolute atomic E-state index is 10.9. The smallest absolute Gasteiger partial charge is 0.304 e. The number of aromatic hydroxyl groups is 1. The van der Waals surface area contributed by atoms with E-state index in [1.807, 2.05) is 17.5 Å². The zero-order chi connectivity index (χ0) is 12.3. The van der Waals surface area contributed by atoms with Crippen LogP contribution in [0.15, 0.2) is 41.8 Å². The van der Waals surface area contributed by atoms with Crippen molar-refractivity contribution in [1.82, 2.24) is 0 Å². The molecule has 4 heteroatoms. The SMILES string of the molecule is O=C(O)C[C@@H](c1ccc(O)cc1)c1cccs1. The number of aliphatic carboxylic acids is 1. The zero-order valence-electron chi connectivity index (χ0n) is 9.04. The molecule has 17 heavy (non-hydrogen) atoms. The third kappa shape index (κ3) is 2.85. The molecule has 0 bridgehead atoms. The Balaban J connectivity index is 2.33. The number of carboxylic acid groups (broad SMARTS) is 1. The van der Waals surface area contributed by atoms with Crippen LogP contribution in [-0.4, -0.2) is 16.2 Å². The molecule has 88 valence electrons. The van der Waals surface area contributed by atoms with Gasteiger partial charge >= 0.3 is 5.97 Å². The largest absolute Gasteiger partial charge is 0.508 e. The molecule has 0 fully saturated rings. The lowest BCUT2D eigenvalue weighted by Crippen LogP contribution is -2.06. The van der Waals surface area contributed by atoms with Gasteiger partial charge in [-0.15, -0.1) is 11.3 Å². The molecule has 1 atom stereocenters. The average Bonchev–Trinajstić information content (AvgIpc) is 2.80. The van der Waals surface area contributed by atoms with Crippen LogP contribution in [0.4, 0.5) is 0 Å². The third-order valence-electron chi connectivity index (χ3n) is 2.56. The lowest BCUT2D eigenvalue weighted by molar-refractivity contribution is -0.137. The molecule has 0 unspecified atom stereocenters. The van der Waals surface area contributed by atoms with E-state index in [2.05, 4.69) is 0 Å². The van der Waals surface area contributed by atoms with Crippen molar-refractivity contribution in [3.05, 3.63) is 52.2 Å². The van der Waals surface area contributed by atoms with Crippen molar-refractivity contribution in [2.24, 2.45) is 0 Å². The van der Waals surface area contributed by atoms with E-state index in [9.17, 15) is 9.90 Å². The van der Waals surface area contributed by atoms with Crippen LogP contribution in [0.25, 0.3) is 0 Å². The molecule has 0 aliphatic carbocycles. The number of carbonyl (C=O) groups is 1. The Morgan fingerprint density at radius 2 is 1.94 bits per heavy atom. The summed E-state index contributed by atoms with van der Waals surface area (Å²) in [4.78, 5) is 11.9. The fraction of sp³-hybridized carbons (Fsp3) is 0.154. The molecule has 2 rings (SSSR count). The summed E-state index contributed by atoms with van der Waals surface area (Å²) >= 11 is 1.55. The van der Waals surface area contributed by atoms with Gasteiger partial charge in [0, 0.05) is 10.8 Å². The molecule has 0 saturated carbocycles. The van der Waals surface area contributed by atoms with Crippen LogP contribution in [0.1, 0.15) is 22.8 Å². The summed E-state index contributed by atoms with van der Waals surface area (Å²) in [6.07, 6.45) is 0.0608.